The SMILES string of the molecule is NC1(c2c(Cl)cccc2[N+](=O)[O-])CCC1. The lowest BCUT2D eigenvalue weighted by Gasteiger charge is -2.38. The molecular formula is C10H11ClN2O2. The first kappa shape index (κ1) is 10.4. The van der Waals surface area contributed by atoms with Crippen LogP contribution in [0.4, 0.5) is 5.69 Å². The normalized spacial score (nSPS) is 18.3. The van der Waals surface area contributed by atoms with Crippen molar-refractivity contribution in [3.63, 3.8) is 0 Å². The molecule has 0 heterocycles. The fourth-order valence-electron chi connectivity index (χ4n) is 1.97. The molecule has 0 amide bonds. The monoisotopic (exact) mass is 226 g/mol. The van der Waals surface area contributed by atoms with E-state index in [1.165, 1.54) is 6.07 Å². The van der Waals surface area contributed by atoms with Crippen LogP contribution in [0.3, 0.4) is 0 Å². The second-order valence-corrected chi connectivity index (χ2v) is 4.31. The van der Waals surface area contributed by atoms with E-state index in [0.29, 0.717) is 10.6 Å². The van der Waals surface area contributed by atoms with Crippen molar-refractivity contribution in [1.82, 2.24) is 0 Å². The van der Waals surface area contributed by atoms with Crippen LogP contribution in [0.1, 0.15) is 24.8 Å². The largest absolute Gasteiger partial charge is 0.321 e. The fourth-order valence-corrected chi connectivity index (χ4v) is 2.32. The molecule has 0 aliphatic heterocycles. The second kappa shape index (κ2) is 3.47. The molecule has 0 spiro atoms. The van der Waals surface area contributed by atoms with Gasteiger partial charge >= 0.3 is 0 Å². The van der Waals surface area contributed by atoms with Crippen molar-refractivity contribution >= 4 is 17.3 Å². The van der Waals surface area contributed by atoms with Crippen molar-refractivity contribution in [3.8, 4) is 0 Å². The standard InChI is InChI=1S/C10H11ClN2O2/c11-7-3-1-4-8(13(14)15)9(7)10(12)5-2-6-10/h1,3-4H,2,5-6,12H2. The Bertz CT molecular complexity index is 416. The van der Waals surface area contributed by atoms with Crippen molar-refractivity contribution in [1.29, 1.82) is 0 Å². The minimum atomic E-state index is -0.596. The van der Waals surface area contributed by atoms with Crippen molar-refractivity contribution in [3.05, 3.63) is 38.9 Å². The Balaban J connectivity index is 2.57. The van der Waals surface area contributed by atoms with Crippen molar-refractivity contribution < 1.29 is 4.92 Å². The van der Waals surface area contributed by atoms with Gasteiger partial charge in [-0.1, -0.05) is 17.7 Å². The Morgan fingerprint density at radius 1 is 1.47 bits per heavy atom. The zero-order valence-electron chi connectivity index (χ0n) is 8.07. The number of nitro benzene ring substituents is 1. The molecule has 4 nitrogen and oxygen atoms in total. The molecule has 1 saturated carbocycles. The molecule has 0 aromatic heterocycles. The average molecular weight is 227 g/mol. The van der Waals surface area contributed by atoms with Crippen LogP contribution in [0.2, 0.25) is 5.02 Å². The fraction of sp³-hybridized carbons (Fsp3) is 0.400. The number of nitrogens with zero attached hydrogens (tertiary/aromatic N) is 1. The van der Waals surface area contributed by atoms with Gasteiger partial charge in [-0.25, -0.2) is 0 Å². The van der Waals surface area contributed by atoms with Gasteiger partial charge in [-0.05, 0) is 25.3 Å². The van der Waals surface area contributed by atoms with E-state index in [4.69, 9.17) is 17.3 Å². The smallest absolute Gasteiger partial charge is 0.275 e. The molecule has 1 aliphatic carbocycles. The van der Waals surface area contributed by atoms with Gasteiger partial charge in [0.1, 0.15) is 0 Å². The van der Waals surface area contributed by atoms with Gasteiger partial charge in [-0.3, -0.25) is 10.1 Å². The summed E-state index contributed by atoms with van der Waals surface area (Å²) in [7, 11) is 0. The highest BCUT2D eigenvalue weighted by molar-refractivity contribution is 6.31. The summed E-state index contributed by atoms with van der Waals surface area (Å²) >= 11 is 5.99. The highest BCUT2D eigenvalue weighted by Gasteiger charge is 2.40. The van der Waals surface area contributed by atoms with E-state index >= 15 is 0 Å². The molecular weight excluding hydrogens is 216 g/mol. The Hall–Kier alpha value is -1.13. The van der Waals surface area contributed by atoms with Crippen LogP contribution in [0.5, 0.6) is 0 Å². The summed E-state index contributed by atoms with van der Waals surface area (Å²) in [5.74, 6) is 0. The van der Waals surface area contributed by atoms with Gasteiger partial charge in [0.25, 0.3) is 5.69 Å². The number of hydrogen-bond acceptors (Lipinski definition) is 3. The molecule has 80 valence electrons. The summed E-state index contributed by atoms with van der Waals surface area (Å²) < 4.78 is 0. The summed E-state index contributed by atoms with van der Waals surface area (Å²) in [4.78, 5) is 10.4. The van der Waals surface area contributed by atoms with Crippen LogP contribution >= 0.6 is 11.6 Å². The first-order valence-electron chi connectivity index (χ1n) is 4.77. The summed E-state index contributed by atoms with van der Waals surface area (Å²) in [6.45, 7) is 0. The molecule has 1 aromatic carbocycles. The molecule has 0 atom stereocenters. The van der Waals surface area contributed by atoms with E-state index in [0.717, 1.165) is 19.3 Å². The van der Waals surface area contributed by atoms with Crippen LogP contribution in [-0.2, 0) is 5.54 Å². The summed E-state index contributed by atoms with van der Waals surface area (Å²) in [5, 5.41) is 11.2. The maximum atomic E-state index is 10.9. The quantitative estimate of drug-likeness (QED) is 0.623. The van der Waals surface area contributed by atoms with E-state index in [9.17, 15) is 10.1 Å². The first-order chi connectivity index (χ1) is 7.04. The Morgan fingerprint density at radius 3 is 2.60 bits per heavy atom. The van der Waals surface area contributed by atoms with Crippen molar-refractivity contribution in [2.24, 2.45) is 5.73 Å². The summed E-state index contributed by atoms with van der Waals surface area (Å²) in [5.41, 5.74) is 6.00. The summed E-state index contributed by atoms with van der Waals surface area (Å²) in [6.07, 6.45) is 2.52. The number of hydrogen-bond donors (Lipinski definition) is 1. The van der Waals surface area contributed by atoms with Gasteiger partial charge in [-0.15, -0.1) is 0 Å². The van der Waals surface area contributed by atoms with Gasteiger partial charge in [0.2, 0.25) is 0 Å². The molecule has 2 N–H and O–H groups in total. The van der Waals surface area contributed by atoms with E-state index in [2.05, 4.69) is 0 Å². The molecule has 1 aromatic rings. The molecule has 0 radical (unpaired) electrons. The third-order valence-electron chi connectivity index (χ3n) is 2.93. The minimum Gasteiger partial charge on any atom is -0.321 e. The maximum absolute atomic E-state index is 10.9. The molecule has 1 aliphatic rings. The third-order valence-corrected chi connectivity index (χ3v) is 3.25. The van der Waals surface area contributed by atoms with E-state index in [1.807, 2.05) is 0 Å². The lowest BCUT2D eigenvalue weighted by molar-refractivity contribution is -0.386. The number of nitrogens with two attached hydrogens (primary N) is 1. The van der Waals surface area contributed by atoms with Crippen LogP contribution in [0.25, 0.3) is 0 Å². The molecule has 0 bridgehead atoms. The average Bonchev–Trinajstić information content (AvgIpc) is 2.14. The molecule has 15 heavy (non-hydrogen) atoms. The highest BCUT2D eigenvalue weighted by atomic mass is 35.5. The molecule has 2 rings (SSSR count). The van der Waals surface area contributed by atoms with Crippen LogP contribution in [-0.4, -0.2) is 4.92 Å². The topological polar surface area (TPSA) is 69.2 Å². The van der Waals surface area contributed by atoms with Crippen LogP contribution in [0, 0.1) is 10.1 Å². The van der Waals surface area contributed by atoms with Gasteiger partial charge in [0.05, 0.1) is 15.5 Å². The molecule has 0 saturated heterocycles. The maximum Gasteiger partial charge on any atom is 0.275 e. The Kier molecular flexibility index (Phi) is 2.40. The number of halogens is 1. The zero-order valence-corrected chi connectivity index (χ0v) is 8.83. The Labute approximate surface area is 92.2 Å². The molecule has 5 heteroatoms. The molecule has 0 unspecified atom stereocenters. The van der Waals surface area contributed by atoms with Crippen LogP contribution < -0.4 is 5.73 Å². The van der Waals surface area contributed by atoms with Gasteiger partial charge in [0.15, 0.2) is 0 Å². The number of nitro groups is 1. The second-order valence-electron chi connectivity index (χ2n) is 3.90. The number of rotatable bonds is 2. The minimum absolute atomic E-state index is 0.0321. The lowest BCUT2D eigenvalue weighted by atomic mass is 9.72. The van der Waals surface area contributed by atoms with Gasteiger partial charge in [-0.2, -0.15) is 0 Å². The van der Waals surface area contributed by atoms with Crippen LogP contribution in [0.15, 0.2) is 18.2 Å². The van der Waals surface area contributed by atoms with Crippen molar-refractivity contribution in [2.75, 3.05) is 0 Å². The third kappa shape index (κ3) is 1.60. The van der Waals surface area contributed by atoms with E-state index in [1.54, 1.807) is 12.1 Å². The van der Waals surface area contributed by atoms with E-state index in [-0.39, 0.29) is 5.69 Å². The van der Waals surface area contributed by atoms with E-state index < -0.39 is 10.5 Å². The lowest BCUT2D eigenvalue weighted by Crippen LogP contribution is -2.44. The Morgan fingerprint density at radius 2 is 2.13 bits per heavy atom. The predicted octanol–water partition coefficient (Wildman–Crippen LogP) is 2.59. The van der Waals surface area contributed by atoms with Gasteiger partial charge in [0, 0.05) is 11.6 Å². The predicted molar refractivity (Wildman–Crippen MR) is 57.8 cm³/mol. The highest BCUT2D eigenvalue weighted by Crippen LogP contribution is 2.45. The molecule has 1 fully saturated rings. The van der Waals surface area contributed by atoms with Crippen molar-refractivity contribution in [2.45, 2.75) is 24.8 Å². The summed E-state index contributed by atoms with van der Waals surface area (Å²) in [6, 6.07) is 4.68. The van der Waals surface area contributed by atoms with Gasteiger partial charge < -0.3 is 5.73 Å². The number of benzene rings is 1. The first-order valence-corrected chi connectivity index (χ1v) is 5.15. The zero-order chi connectivity index (χ0) is 11.1.